The van der Waals surface area contributed by atoms with Gasteiger partial charge in [-0.3, -0.25) is 9.59 Å². The lowest BCUT2D eigenvalue weighted by Crippen LogP contribution is -2.57. The summed E-state index contributed by atoms with van der Waals surface area (Å²) in [5.41, 5.74) is 2.17. The monoisotopic (exact) mass is 384 g/mol. The van der Waals surface area contributed by atoms with Crippen molar-refractivity contribution in [2.75, 3.05) is 0 Å². The first-order chi connectivity index (χ1) is 13.1. The maximum atomic E-state index is 12.0. The van der Waals surface area contributed by atoms with E-state index < -0.39 is 6.10 Å². The molecule has 0 aromatic rings. The first-order valence-corrected chi connectivity index (χ1v) is 10.5. The van der Waals surface area contributed by atoms with Gasteiger partial charge in [0.25, 0.3) is 0 Å². The molecule has 5 nitrogen and oxygen atoms in total. The molecular weight excluding hydrogens is 352 g/mol. The van der Waals surface area contributed by atoms with Gasteiger partial charge in [0.05, 0.1) is 12.1 Å². The molecule has 0 saturated heterocycles. The number of carbonyl (C=O) groups excluding carboxylic acids is 2. The number of nitrogens with one attached hydrogen (secondary N) is 2. The van der Waals surface area contributed by atoms with Gasteiger partial charge in [-0.2, -0.15) is 0 Å². The lowest BCUT2D eigenvalue weighted by atomic mass is 9.48. The van der Waals surface area contributed by atoms with Crippen molar-refractivity contribution in [3.8, 4) is 0 Å². The van der Waals surface area contributed by atoms with Crippen LogP contribution in [0.15, 0.2) is 35.6 Å². The summed E-state index contributed by atoms with van der Waals surface area (Å²) in [5, 5.41) is 16.4. The van der Waals surface area contributed by atoms with Crippen LogP contribution in [0.25, 0.3) is 0 Å². The quantitative estimate of drug-likeness (QED) is 0.641. The van der Waals surface area contributed by atoms with Crippen molar-refractivity contribution >= 4 is 11.8 Å². The Labute approximate surface area is 167 Å². The van der Waals surface area contributed by atoms with Crippen LogP contribution in [0.4, 0.5) is 0 Å². The second-order valence-corrected chi connectivity index (χ2v) is 9.61. The number of carbonyl (C=O) groups is 2. The second kappa shape index (κ2) is 6.58. The Morgan fingerprint density at radius 2 is 1.93 bits per heavy atom. The lowest BCUT2D eigenvalue weighted by Gasteiger charge is -2.58. The standard InChI is InChI=1S/C23H32N2O3/c1-13(26)24-19-12-15-11-16(28)7-9-22(15,3)18-8-10-23(4)17(21(18)19)5-6-20(23)25-14(2)27/h6-7,9,12,16-19,21,28H,5,8,10-11H2,1-4H3,(H,24,26)(H,25,27)/t16?,17-,18+,19?,21-,22-,23-/m0/s1. The average Bonchev–Trinajstić information content (AvgIpc) is 2.92. The van der Waals surface area contributed by atoms with E-state index in [1.807, 2.05) is 6.08 Å². The van der Waals surface area contributed by atoms with Gasteiger partial charge in [-0.25, -0.2) is 0 Å². The number of aliphatic hydroxyl groups excluding tert-OH is 1. The first kappa shape index (κ1) is 19.4. The minimum Gasteiger partial charge on any atom is -0.389 e. The molecule has 4 rings (SSSR count). The Bertz CT molecular complexity index is 798. The molecule has 152 valence electrons. The summed E-state index contributed by atoms with van der Waals surface area (Å²) < 4.78 is 0. The van der Waals surface area contributed by atoms with E-state index in [0.29, 0.717) is 24.2 Å². The number of hydrogen-bond donors (Lipinski definition) is 3. The molecule has 1 fully saturated rings. The van der Waals surface area contributed by atoms with Crippen LogP contribution in [0.5, 0.6) is 0 Å². The summed E-state index contributed by atoms with van der Waals surface area (Å²) in [6.07, 6.45) is 11.8. The van der Waals surface area contributed by atoms with Gasteiger partial charge in [-0.1, -0.05) is 43.7 Å². The molecule has 3 N–H and O–H groups in total. The van der Waals surface area contributed by atoms with Crippen molar-refractivity contribution in [3.63, 3.8) is 0 Å². The van der Waals surface area contributed by atoms with Gasteiger partial charge in [0, 0.05) is 30.4 Å². The predicted molar refractivity (Wildman–Crippen MR) is 108 cm³/mol. The zero-order valence-corrected chi connectivity index (χ0v) is 17.3. The number of rotatable bonds is 2. The Balaban J connectivity index is 1.75. The molecule has 0 spiro atoms. The van der Waals surface area contributed by atoms with E-state index in [2.05, 4.69) is 42.7 Å². The molecule has 2 unspecified atom stereocenters. The Hall–Kier alpha value is -1.88. The van der Waals surface area contributed by atoms with Crippen molar-refractivity contribution in [2.45, 2.75) is 65.5 Å². The molecule has 0 aliphatic heterocycles. The van der Waals surface area contributed by atoms with Crippen LogP contribution in [0.3, 0.4) is 0 Å². The van der Waals surface area contributed by atoms with Gasteiger partial charge >= 0.3 is 0 Å². The number of aliphatic hydroxyl groups is 1. The van der Waals surface area contributed by atoms with E-state index in [0.717, 1.165) is 25.0 Å². The maximum Gasteiger partial charge on any atom is 0.221 e. The van der Waals surface area contributed by atoms with Crippen molar-refractivity contribution < 1.29 is 14.7 Å². The maximum absolute atomic E-state index is 12.0. The fourth-order valence-electron chi connectivity index (χ4n) is 6.59. The highest BCUT2D eigenvalue weighted by molar-refractivity contribution is 5.75. The SMILES string of the molecule is CC(=O)NC1=CC[C@H]2[C@@H]3C(NC(C)=O)C=C4CC(O)C=C[C@]4(C)[C@@H]3CC[C@]12C. The van der Waals surface area contributed by atoms with E-state index >= 15 is 0 Å². The fraction of sp³-hybridized carbons (Fsp3) is 0.652. The number of fused-ring (bicyclic) bond motifs is 5. The van der Waals surface area contributed by atoms with Crippen LogP contribution in [0.1, 0.15) is 53.4 Å². The van der Waals surface area contributed by atoms with Gasteiger partial charge in [0.1, 0.15) is 0 Å². The van der Waals surface area contributed by atoms with Crippen molar-refractivity contribution in [1.29, 1.82) is 0 Å². The summed E-state index contributed by atoms with van der Waals surface area (Å²) in [4.78, 5) is 23.7. The predicted octanol–water partition coefficient (Wildman–Crippen LogP) is 2.83. The third-order valence-corrected chi connectivity index (χ3v) is 7.95. The average molecular weight is 385 g/mol. The first-order valence-electron chi connectivity index (χ1n) is 10.5. The topological polar surface area (TPSA) is 78.4 Å². The molecule has 0 bridgehead atoms. The van der Waals surface area contributed by atoms with E-state index in [-0.39, 0.29) is 28.7 Å². The van der Waals surface area contributed by atoms with Crippen LogP contribution in [0, 0.1) is 28.6 Å². The Morgan fingerprint density at radius 3 is 2.61 bits per heavy atom. The third-order valence-electron chi connectivity index (χ3n) is 7.95. The molecule has 5 heteroatoms. The summed E-state index contributed by atoms with van der Waals surface area (Å²) in [5.74, 6) is 1.06. The highest BCUT2D eigenvalue weighted by Gasteiger charge is 2.58. The molecule has 1 saturated carbocycles. The molecule has 7 atom stereocenters. The zero-order chi connectivity index (χ0) is 20.3. The van der Waals surface area contributed by atoms with Gasteiger partial charge in [0.15, 0.2) is 0 Å². The number of hydrogen-bond acceptors (Lipinski definition) is 3. The summed E-state index contributed by atoms with van der Waals surface area (Å²) in [6.45, 7) is 7.71. The molecule has 0 heterocycles. The lowest BCUT2D eigenvalue weighted by molar-refractivity contribution is -0.121. The van der Waals surface area contributed by atoms with Gasteiger partial charge in [-0.05, 0) is 43.4 Å². The minimum absolute atomic E-state index is 0.0172. The smallest absolute Gasteiger partial charge is 0.221 e. The third kappa shape index (κ3) is 2.86. The summed E-state index contributed by atoms with van der Waals surface area (Å²) in [7, 11) is 0. The number of amides is 2. The molecule has 0 aromatic heterocycles. The highest BCUT2D eigenvalue weighted by Crippen LogP contribution is 2.63. The molecule has 0 aromatic carbocycles. The van der Waals surface area contributed by atoms with Crippen molar-refractivity contribution in [2.24, 2.45) is 28.6 Å². The van der Waals surface area contributed by atoms with Gasteiger partial charge in [-0.15, -0.1) is 0 Å². The van der Waals surface area contributed by atoms with Crippen LogP contribution in [0.2, 0.25) is 0 Å². The normalized spacial score (nSPS) is 43.8. The molecule has 2 amide bonds. The van der Waals surface area contributed by atoms with Crippen molar-refractivity contribution in [3.05, 3.63) is 35.6 Å². The second-order valence-electron chi connectivity index (χ2n) is 9.61. The largest absolute Gasteiger partial charge is 0.389 e. The fourth-order valence-corrected chi connectivity index (χ4v) is 6.59. The molecule has 4 aliphatic rings. The highest BCUT2D eigenvalue weighted by atomic mass is 16.3. The molecule has 4 aliphatic carbocycles. The summed E-state index contributed by atoms with van der Waals surface area (Å²) in [6, 6.07) is -0.0287. The van der Waals surface area contributed by atoms with Crippen LogP contribution < -0.4 is 10.6 Å². The number of allylic oxidation sites excluding steroid dienone is 3. The Kier molecular flexibility index (Phi) is 4.57. The molecule has 0 radical (unpaired) electrons. The van der Waals surface area contributed by atoms with E-state index in [9.17, 15) is 14.7 Å². The van der Waals surface area contributed by atoms with Crippen LogP contribution in [-0.4, -0.2) is 29.1 Å². The van der Waals surface area contributed by atoms with Crippen LogP contribution >= 0.6 is 0 Å². The van der Waals surface area contributed by atoms with E-state index in [4.69, 9.17) is 0 Å². The summed E-state index contributed by atoms with van der Waals surface area (Å²) >= 11 is 0. The molecule has 28 heavy (non-hydrogen) atoms. The van der Waals surface area contributed by atoms with E-state index in [1.54, 1.807) is 13.8 Å². The minimum atomic E-state index is -0.442. The van der Waals surface area contributed by atoms with Crippen LogP contribution in [-0.2, 0) is 9.59 Å². The van der Waals surface area contributed by atoms with Crippen molar-refractivity contribution in [1.82, 2.24) is 10.6 Å². The van der Waals surface area contributed by atoms with Gasteiger partial charge < -0.3 is 15.7 Å². The van der Waals surface area contributed by atoms with Gasteiger partial charge in [0.2, 0.25) is 11.8 Å². The van der Waals surface area contributed by atoms with E-state index in [1.165, 1.54) is 5.57 Å². The molecular formula is C23H32N2O3. The Morgan fingerprint density at radius 1 is 1.18 bits per heavy atom. The zero-order valence-electron chi connectivity index (χ0n) is 17.3.